The molecule has 3 heterocycles. The average molecular weight is 385 g/mol. The Balaban J connectivity index is 1.67. The first-order valence-electron chi connectivity index (χ1n) is 6.00. The van der Waals surface area contributed by atoms with Crippen molar-refractivity contribution in [1.29, 1.82) is 0 Å². The largest absolute Gasteiger partial charge is 0.451 e. The van der Waals surface area contributed by atoms with Gasteiger partial charge >= 0.3 is 0 Å². The lowest BCUT2D eigenvalue weighted by Gasteiger charge is -2.25. The van der Waals surface area contributed by atoms with Gasteiger partial charge in [-0.3, -0.25) is 4.79 Å². The van der Waals surface area contributed by atoms with E-state index in [4.69, 9.17) is 4.42 Å². The van der Waals surface area contributed by atoms with Gasteiger partial charge in [0.05, 0.1) is 0 Å². The van der Waals surface area contributed by atoms with Gasteiger partial charge in [0.1, 0.15) is 5.76 Å². The van der Waals surface area contributed by atoms with Gasteiger partial charge in [0.25, 0.3) is 0 Å². The van der Waals surface area contributed by atoms with Crippen LogP contribution >= 0.6 is 33.9 Å². The van der Waals surface area contributed by atoms with Crippen molar-refractivity contribution in [1.82, 2.24) is 4.90 Å². The highest BCUT2D eigenvalue weighted by Gasteiger charge is 2.19. The fourth-order valence-corrected chi connectivity index (χ4v) is 3.44. The third kappa shape index (κ3) is 2.92. The van der Waals surface area contributed by atoms with Gasteiger partial charge in [0.2, 0.25) is 5.91 Å². The van der Waals surface area contributed by atoms with Crippen molar-refractivity contribution >= 4 is 45.9 Å². The van der Waals surface area contributed by atoms with E-state index in [1.807, 2.05) is 17.0 Å². The van der Waals surface area contributed by atoms with E-state index < -0.39 is 0 Å². The van der Waals surface area contributed by atoms with Crippen LogP contribution < -0.4 is 0 Å². The fraction of sp³-hybridized carbons (Fsp3) is 0.214. The Morgan fingerprint density at radius 1 is 1.42 bits per heavy atom. The van der Waals surface area contributed by atoms with Crippen molar-refractivity contribution in [2.45, 2.75) is 13.0 Å². The number of carbonyl (C=O) groups excluding carboxylic acids is 1. The quantitative estimate of drug-likeness (QED) is 0.585. The van der Waals surface area contributed by atoms with E-state index in [1.54, 1.807) is 23.5 Å². The number of hydrogen-bond acceptors (Lipinski definition) is 3. The van der Waals surface area contributed by atoms with Crippen molar-refractivity contribution in [3.8, 4) is 0 Å². The summed E-state index contributed by atoms with van der Waals surface area (Å²) in [5, 5.41) is 2.10. The SMILES string of the molecule is O=C(/C=C/c1ccc(I)o1)N1CCc2sccc2C1. The van der Waals surface area contributed by atoms with Crippen LogP contribution in [0.1, 0.15) is 16.2 Å². The van der Waals surface area contributed by atoms with Gasteiger partial charge in [0, 0.05) is 24.0 Å². The molecule has 3 nitrogen and oxygen atoms in total. The standard InChI is InChI=1S/C14H12INO2S/c15-13-3-1-11(18-13)2-4-14(17)16-7-5-12-10(9-16)6-8-19-12/h1-4,6,8H,5,7,9H2/b4-2+. The summed E-state index contributed by atoms with van der Waals surface area (Å²) in [6.45, 7) is 1.52. The molecular weight excluding hydrogens is 373 g/mol. The predicted molar refractivity (Wildman–Crippen MR) is 83.9 cm³/mol. The Kier molecular flexibility index (Phi) is 3.74. The van der Waals surface area contributed by atoms with Crippen molar-refractivity contribution in [3.63, 3.8) is 0 Å². The molecule has 1 amide bonds. The summed E-state index contributed by atoms with van der Waals surface area (Å²) in [5.41, 5.74) is 1.28. The predicted octanol–water partition coefficient (Wildman–Crippen LogP) is 3.54. The van der Waals surface area contributed by atoms with Gasteiger partial charge < -0.3 is 9.32 Å². The summed E-state index contributed by atoms with van der Waals surface area (Å²) >= 11 is 3.89. The third-order valence-electron chi connectivity index (χ3n) is 3.10. The Bertz CT molecular complexity index is 629. The van der Waals surface area contributed by atoms with Crippen LogP contribution in [0.5, 0.6) is 0 Å². The lowest BCUT2D eigenvalue weighted by molar-refractivity contribution is -0.126. The number of hydrogen-bond donors (Lipinski definition) is 0. The molecular formula is C14H12INO2S. The second-order valence-electron chi connectivity index (χ2n) is 4.35. The summed E-state index contributed by atoms with van der Waals surface area (Å²) in [4.78, 5) is 15.4. The van der Waals surface area contributed by atoms with Crippen LogP contribution in [0.4, 0.5) is 0 Å². The van der Waals surface area contributed by atoms with Crippen LogP contribution in [0.2, 0.25) is 0 Å². The number of amides is 1. The highest BCUT2D eigenvalue weighted by molar-refractivity contribution is 14.1. The number of halogens is 1. The molecule has 0 radical (unpaired) electrons. The molecule has 0 saturated heterocycles. The molecule has 1 aliphatic rings. The molecule has 0 spiro atoms. The maximum Gasteiger partial charge on any atom is 0.247 e. The molecule has 2 aromatic rings. The van der Waals surface area contributed by atoms with Crippen molar-refractivity contribution in [2.75, 3.05) is 6.54 Å². The summed E-state index contributed by atoms with van der Waals surface area (Å²) in [7, 11) is 0. The number of nitrogens with zero attached hydrogens (tertiary/aromatic N) is 1. The van der Waals surface area contributed by atoms with Crippen molar-refractivity contribution < 1.29 is 9.21 Å². The van der Waals surface area contributed by atoms with Gasteiger partial charge in [-0.15, -0.1) is 11.3 Å². The molecule has 0 aliphatic carbocycles. The number of carbonyl (C=O) groups is 1. The molecule has 3 rings (SSSR count). The van der Waals surface area contributed by atoms with E-state index in [-0.39, 0.29) is 5.91 Å². The Morgan fingerprint density at radius 2 is 2.32 bits per heavy atom. The van der Waals surface area contributed by atoms with Gasteiger partial charge in [-0.25, -0.2) is 0 Å². The lowest BCUT2D eigenvalue weighted by Crippen LogP contribution is -2.34. The minimum Gasteiger partial charge on any atom is -0.451 e. The smallest absolute Gasteiger partial charge is 0.247 e. The average Bonchev–Trinajstić information content (AvgIpc) is 3.03. The highest BCUT2D eigenvalue weighted by atomic mass is 127. The lowest BCUT2D eigenvalue weighted by atomic mass is 10.1. The molecule has 98 valence electrons. The summed E-state index contributed by atoms with van der Waals surface area (Å²) in [5.74, 6) is 0.759. The maximum absolute atomic E-state index is 12.1. The van der Waals surface area contributed by atoms with E-state index in [1.165, 1.54) is 10.4 Å². The maximum atomic E-state index is 12.1. The first-order valence-corrected chi connectivity index (χ1v) is 7.96. The monoisotopic (exact) mass is 385 g/mol. The summed E-state index contributed by atoms with van der Waals surface area (Å²) in [6.07, 6.45) is 4.28. The first-order chi connectivity index (χ1) is 9.22. The third-order valence-corrected chi connectivity index (χ3v) is 4.71. The van der Waals surface area contributed by atoms with E-state index in [0.29, 0.717) is 5.76 Å². The van der Waals surface area contributed by atoms with Gasteiger partial charge in [0.15, 0.2) is 3.77 Å². The minimum atomic E-state index is 0.0447. The van der Waals surface area contributed by atoms with Crippen LogP contribution in [-0.2, 0) is 17.8 Å². The van der Waals surface area contributed by atoms with Gasteiger partial charge in [-0.1, -0.05) is 0 Å². The molecule has 0 N–H and O–H groups in total. The molecule has 0 saturated carbocycles. The molecule has 5 heteroatoms. The minimum absolute atomic E-state index is 0.0447. The molecule has 0 bridgehead atoms. The zero-order valence-electron chi connectivity index (χ0n) is 10.1. The Morgan fingerprint density at radius 3 is 3.11 bits per heavy atom. The second-order valence-corrected chi connectivity index (χ2v) is 6.42. The molecule has 0 aromatic carbocycles. The number of furan rings is 1. The van der Waals surface area contributed by atoms with Gasteiger partial charge in [-0.05, 0) is 64.2 Å². The summed E-state index contributed by atoms with van der Waals surface area (Å²) < 4.78 is 6.22. The second kappa shape index (κ2) is 5.50. The van der Waals surface area contributed by atoms with Crippen molar-refractivity contribution in [3.05, 3.63) is 49.6 Å². The zero-order valence-corrected chi connectivity index (χ0v) is 13.1. The van der Waals surface area contributed by atoms with Crippen LogP contribution in [0.15, 0.2) is 34.1 Å². The van der Waals surface area contributed by atoms with E-state index >= 15 is 0 Å². The Labute approximate surface area is 129 Å². The first kappa shape index (κ1) is 12.9. The zero-order chi connectivity index (χ0) is 13.2. The summed E-state index contributed by atoms with van der Waals surface area (Å²) in [6, 6.07) is 5.85. The normalized spacial score (nSPS) is 14.9. The van der Waals surface area contributed by atoms with Crippen LogP contribution in [0.3, 0.4) is 0 Å². The number of thiophene rings is 1. The van der Waals surface area contributed by atoms with Crippen LogP contribution in [0.25, 0.3) is 6.08 Å². The van der Waals surface area contributed by atoms with Crippen LogP contribution in [0, 0.1) is 3.77 Å². The van der Waals surface area contributed by atoms with E-state index in [0.717, 1.165) is 23.3 Å². The molecule has 2 aromatic heterocycles. The molecule has 19 heavy (non-hydrogen) atoms. The molecule has 0 fully saturated rings. The Hall–Kier alpha value is -1.08. The van der Waals surface area contributed by atoms with E-state index in [2.05, 4.69) is 34.0 Å². The molecule has 1 aliphatic heterocycles. The topological polar surface area (TPSA) is 33.5 Å². The van der Waals surface area contributed by atoms with Crippen LogP contribution in [-0.4, -0.2) is 17.4 Å². The highest BCUT2D eigenvalue weighted by Crippen LogP contribution is 2.24. The van der Waals surface area contributed by atoms with Gasteiger partial charge in [-0.2, -0.15) is 0 Å². The number of fused-ring (bicyclic) bond motifs is 1. The van der Waals surface area contributed by atoms with Crippen molar-refractivity contribution in [2.24, 2.45) is 0 Å². The molecule has 0 unspecified atom stereocenters. The number of rotatable bonds is 2. The fourth-order valence-electron chi connectivity index (χ4n) is 2.11. The van der Waals surface area contributed by atoms with E-state index in [9.17, 15) is 4.79 Å². The molecule has 0 atom stereocenters.